The maximum Gasteiger partial charge on any atom is 0.248 e. The van der Waals surface area contributed by atoms with Gasteiger partial charge in [0, 0.05) is 32.1 Å². The lowest BCUT2D eigenvalue weighted by molar-refractivity contribution is -0.143. The van der Waals surface area contributed by atoms with Crippen molar-refractivity contribution in [1.29, 1.82) is 0 Å². The van der Waals surface area contributed by atoms with Gasteiger partial charge in [0.05, 0.1) is 0 Å². The summed E-state index contributed by atoms with van der Waals surface area (Å²) in [6, 6.07) is 0. The van der Waals surface area contributed by atoms with E-state index in [0.717, 1.165) is 25.7 Å². The van der Waals surface area contributed by atoms with Crippen LogP contribution in [0, 0.1) is 5.92 Å². The normalized spacial score (nSPS) is 16.0. The maximum absolute atomic E-state index is 12.4. The molecule has 1 aliphatic heterocycles. The lowest BCUT2D eigenvalue weighted by Gasteiger charge is -2.36. The molecule has 19 heavy (non-hydrogen) atoms. The summed E-state index contributed by atoms with van der Waals surface area (Å²) in [5.41, 5.74) is 0. The first kappa shape index (κ1) is 16.0. The van der Waals surface area contributed by atoms with Crippen LogP contribution in [-0.2, 0) is 9.59 Å². The molecule has 0 radical (unpaired) electrons. The van der Waals surface area contributed by atoms with Gasteiger partial charge in [0.25, 0.3) is 0 Å². The van der Waals surface area contributed by atoms with Gasteiger partial charge in [-0.05, 0) is 12.8 Å². The Hall–Kier alpha value is -1.10. The molecule has 110 valence electrons. The van der Waals surface area contributed by atoms with Crippen LogP contribution in [0.4, 0.5) is 0 Å². The van der Waals surface area contributed by atoms with Gasteiger partial charge < -0.3 is 14.9 Å². The number of aliphatic hydroxyl groups is 1. The van der Waals surface area contributed by atoms with Gasteiger partial charge in [-0.3, -0.25) is 9.59 Å². The Morgan fingerprint density at radius 1 is 1.00 bits per heavy atom. The van der Waals surface area contributed by atoms with Crippen molar-refractivity contribution in [3.8, 4) is 0 Å². The standard InChI is InChI=1S/C14H26N2O3/c1-3-5-12(6-4-2)14(19)16-9-7-15(8-10-16)13(18)11-17/h12,17H,3-11H2,1-2H3. The van der Waals surface area contributed by atoms with Crippen LogP contribution in [-0.4, -0.2) is 59.5 Å². The molecule has 5 heteroatoms. The summed E-state index contributed by atoms with van der Waals surface area (Å²) in [7, 11) is 0. The van der Waals surface area contributed by atoms with Gasteiger partial charge in [-0.25, -0.2) is 0 Å². The zero-order chi connectivity index (χ0) is 14.3. The molecule has 1 heterocycles. The zero-order valence-corrected chi connectivity index (χ0v) is 12.1. The number of carbonyl (C=O) groups excluding carboxylic acids is 2. The predicted molar refractivity (Wildman–Crippen MR) is 73.6 cm³/mol. The first-order valence-corrected chi connectivity index (χ1v) is 7.31. The maximum atomic E-state index is 12.4. The average Bonchev–Trinajstić information content (AvgIpc) is 2.45. The van der Waals surface area contributed by atoms with Crippen LogP contribution in [0.3, 0.4) is 0 Å². The number of aliphatic hydroxyl groups excluding tert-OH is 1. The van der Waals surface area contributed by atoms with Crippen LogP contribution >= 0.6 is 0 Å². The highest BCUT2D eigenvalue weighted by Gasteiger charge is 2.27. The van der Waals surface area contributed by atoms with Gasteiger partial charge in [-0.2, -0.15) is 0 Å². The molecule has 1 N–H and O–H groups in total. The first-order valence-electron chi connectivity index (χ1n) is 7.31. The molecule has 0 aromatic carbocycles. The van der Waals surface area contributed by atoms with Gasteiger partial charge in [-0.15, -0.1) is 0 Å². The minimum Gasteiger partial charge on any atom is -0.387 e. The molecule has 1 saturated heterocycles. The Labute approximate surface area is 115 Å². The van der Waals surface area contributed by atoms with Crippen LogP contribution in [0.2, 0.25) is 0 Å². The molecule has 0 aliphatic carbocycles. The van der Waals surface area contributed by atoms with Crippen LogP contribution in [0.5, 0.6) is 0 Å². The molecule has 1 rings (SSSR count). The summed E-state index contributed by atoms with van der Waals surface area (Å²) in [4.78, 5) is 27.2. The fraction of sp³-hybridized carbons (Fsp3) is 0.857. The van der Waals surface area contributed by atoms with Crippen molar-refractivity contribution in [3.05, 3.63) is 0 Å². The molecule has 0 saturated carbocycles. The molecule has 0 atom stereocenters. The van der Waals surface area contributed by atoms with Gasteiger partial charge >= 0.3 is 0 Å². The number of rotatable bonds is 6. The monoisotopic (exact) mass is 270 g/mol. The molecule has 0 aromatic heterocycles. The van der Waals surface area contributed by atoms with Crippen LogP contribution < -0.4 is 0 Å². The second-order valence-corrected chi connectivity index (χ2v) is 5.14. The van der Waals surface area contributed by atoms with E-state index in [0.29, 0.717) is 26.2 Å². The highest BCUT2D eigenvalue weighted by molar-refractivity contribution is 5.80. The van der Waals surface area contributed by atoms with E-state index in [1.54, 1.807) is 4.90 Å². The van der Waals surface area contributed by atoms with E-state index in [-0.39, 0.29) is 17.7 Å². The van der Waals surface area contributed by atoms with E-state index in [9.17, 15) is 9.59 Å². The molecule has 0 unspecified atom stereocenters. The zero-order valence-electron chi connectivity index (χ0n) is 12.1. The van der Waals surface area contributed by atoms with Crippen molar-refractivity contribution in [2.24, 2.45) is 5.92 Å². The first-order chi connectivity index (χ1) is 9.13. The summed E-state index contributed by atoms with van der Waals surface area (Å²) in [5.74, 6) is 0.126. The van der Waals surface area contributed by atoms with E-state index in [1.807, 2.05) is 4.90 Å². The Morgan fingerprint density at radius 3 is 1.89 bits per heavy atom. The second kappa shape index (κ2) is 8.15. The Kier molecular flexibility index (Phi) is 6.84. The molecule has 2 amide bonds. The van der Waals surface area contributed by atoms with E-state index in [1.165, 1.54) is 0 Å². The molecule has 0 bridgehead atoms. The molecule has 1 fully saturated rings. The third-order valence-corrected chi connectivity index (χ3v) is 3.70. The van der Waals surface area contributed by atoms with Crippen molar-refractivity contribution in [1.82, 2.24) is 9.80 Å². The van der Waals surface area contributed by atoms with Crippen LogP contribution in [0.25, 0.3) is 0 Å². The number of piperazine rings is 1. The van der Waals surface area contributed by atoms with Gasteiger partial charge in [0.2, 0.25) is 11.8 Å². The largest absolute Gasteiger partial charge is 0.387 e. The number of carbonyl (C=O) groups is 2. The van der Waals surface area contributed by atoms with E-state index in [2.05, 4.69) is 13.8 Å². The minimum absolute atomic E-state index is 0.134. The summed E-state index contributed by atoms with van der Waals surface area (Å²) >= 11 is 0. The van der Waals surface area contributed by atoms with E-state index < -0.39 is 6.61 Å². The highest BCUT2D eigenvalue weighted by Crippen LogP contribution is 2.18. The Bertz CT molecular complexity index is 293. The van der Waals surface area contributed by atoms with Crippen molar-refractivity contribution < 1.29 is 14.7 Å². The third-order valence-electron chi connectivity index (χ3n) is 3.70. The number of amides is 2. The fourth-order valence-corrected chi connectivity index (χ4v) is 2.62. The van der Waals surface area contributed by atoms with Crippen LogP contribution in [0.15, 0.2) is 0 Å². The lowest BCUT2D eigenvalue weighted by Crippen LogP contribution is -2.52. The summed E-state index contributed by atoms with van der Waals surface area (Å²) < 4.78 is 0. The van der Waals surface area contributed by atoms with Gasteiger partial charge in [-0.1, -0.05) is 26.7 Å². The quantitative estimate of drug-likeness (QED) is 0.779. The number of nitrogens with zero attached hydrogens (tertiary/aromatic N) is 2. The van der Waals surface area contributed by atoms with Gasteiger partial charge in [0.1, 0.15) is 6.61 Å². The topological polar surface area (TPSA) is 60.9 Å². The molecular weight excluding hydrogens is 244 g/mol. The smallest absolute Gasteiger partial charge is 0.248 e. The van der Waals surface area contributed by atoms with Crippen molar-refractivity contribution in [2.45, 2.75) is 39.5 Å². The lowest BCUT2D eigenvalue weighted by atomic mass is 9.96. The minimum atomic E-state index is -0.442. The summed E-state index contributed by atoms with van der Waals surface area (Å²) in [5, 5.41) is 8.82. The SMILES string of the molecule is CCCC(CCC)C(=O)N1CCN(C(=O)CO)CC1. The predicted octanol–water partition coefficient (Wildman–Crippen LogP) is 0.866. The van der Waals surface area contributed by atoms with Crippen molar-refractivity contribution in [3.63, 3.8) is 0 Å². The highest BCUT2D eigenvalue weighted by atomic mass is 16.3. The third kappa shape index (κ3) is 4.49. The molecule has 0 aromatic rings. The summed E-state index contributed by atoms with van der Waals surface area (Å²) in [6.07, 6.45) is 3.95. The van der Waals surface area contributed by atoms with Gasteiger partial charge in [0.15, 0.2) is 0 Å². The Morgan fingerprint density at radius 2 is 1.47 bits per heavy atom. The second-order valence-electron chi connectivity index (χ2n) is 5.14. The van der Waals surface area contributed by atoms with Crippen molar-refractivity contribution in [2.75, 3.05) is 32.8 Å². The van der Waals surface area contributed by atoms with E-state index >= 15 is 0 Å². The number of hydrogen-bond donors (Lipinski definition) is 1. The molecular formula is C14H26N2O3. The van der Waals surface area contributed by atoms with Crippen molar-refractivity contribution >= 4 is 11.8 Å². The van der Waals surface area contributed by atoms with E-state index in [4.69, 9.17) is 5.11 Å². The molecule has 0 spiro atoms. The molecule has 1 aliphatic rings. The summed E-state index contributed by atoms with van der Waals surface area (Å²) in [6.45, 7) is 6.03. The Balaban J connectivity index is 2.48. The fourth-order valence-electron chi connectivity index (χ4n) is 2.62. The average molecular weight is 270 g/mol. The number of hydrogen-bond acceptors (Lipinski definition) is 3. The molecule has 5 nitrogen and oxygen atoms in total. The van der Waals surface area contributed by atoms with Crippen LogP contribution in [0.1, 0.15) is 39.5 Å².